The van der Waals surface area contributed by atoms with Crippen LogP contribution < -0.4 is 15.8 Å². The lowest BCUT2D eigenvalue weighted by Gasteiger charge is -2.26. The Labute approximate surface area is 142 Å². The van der Waals surface area contributed by atoms with E-state index in [0.29, 0.717) is 19.2 Å². The topological polar surface area (TPSA) is 89.4 Å². The van der Waals surface area contributed by atoms with Crippen LogP contribution in [0.3, 0.4) is 0 Å². The Morgan fingerprint density at radius 3 is 2.88 bits per heavy atom. The molecule has 0 unspecified atom stereocenters. The maximum atomic E-state index is 5.83. The van der Waals surface area contributed by atoms with E-state index in [4.69, 9.17) is 14.9 Å². The number of ether oxygens (including phenoxy) is 1. The van der Waals surface area contributed by atoms with Crippen LogP contribution in [-0.2, 0) is 6.54 Å². The zero-order chi connectivity index (χ0) is 16.6. The van der Waals surface area contributed by atoms with Crippen molar-refractivity contribution in [1.29, 1.82) is 0 Å². The van der Waals surface area contributed by atoms with Crippen LogP contribution in [0.2, 0.25) is 0 Å². The first-order chi connectivity index (χ1) is 11.8. The number of rotatable bonds is 8. The van der Waals surface area contributed by atoms with Gasteiger partial charge in [0.05, 0.1) is 6.61 Å². The molecule has 1 aliphatic rings. The third-order valence-corrected chi connectivity index (χ3v) is 4.06. The minimum Gasteiger partial charge on any atom is -0.494 e. The molecule has 3 rings (SSSR count). The van der Waals surface area contributed by atoms with Gasteiger partial charge >= 0.3 is 12.0 Å². The first-order valence-corrected chi connectivity index (χ1v) is 8.56. The van der Waals surface area contributed by atoms with Gasteiger partial charge in [0.15, 0.2) is 0 Å². The highest BCUT2D eigenvalue weighted by atomic mass is 16.5. The molecule has 0 amide bonds. The highest BCUT2D eigenvalue weighted by molar-refractivity contribution is 5.28. The molecule has 1 saturated heterocycles. The number of hydrogen-bond donors (Lipinski definition) is 2. The van der Waals surface area contributed by atoms with Crippen molar-refractivity contribution in [3.05, 3.63) is 29.8 Å². The van der Waals surface area contributed by atoms with Gasteiger partial charge in [0.2, 0.25) is 0 Å². The Kier molecular flexibility index (Phi) is 5.90. The van der Waals surface area contributed by atoms with Crippen LogP contribution in [0.5, 0.6) is 5.75 Å². The van der Waals surface area contributed by atoms with Gasteiger partial charge in [-0.25, -0.2) is 0 Å². The number of anilines is 2. The Balaban J connectivity index is 1.38. The predicted molar refractivity (Wildman–Crippen MR) is 92.9 cm³/mol. The van der Waals surface area contributed by atoms with Gasteiger partial charge in [-0.2, -0.15) is 0 Å². The number of nitrogens with two attached hydrogens (primary N) is 1. The Morgan fingerprint density at radius 1 is 1.21 bits per heavy atom. The summed E-state index contributed by atoms with van der Waals surface area (Å²) in [4.78, 5) is 2.52. The van der Waals surface area contributed by atoms with Gasteiger partial charge in [0, 0.05) is 13.1 Å². The van der Waals surface area contributed by atoms with Crippen LogP contribution >= 0.6 is 0 Å². The van der Waals surface area contributed by atoms with E-state index in [1.807, 2.05) is 6.07 Å². The normalized spacial score (nSPS) is 15.3. The van der Waals surface area contributed by atoms with E-state index in [0.717, 1.165) is 18.7 Å². The molecule has 0 aliphatic carbocycles. The largest absolute Gasteiger partial charge is 0.494 e. The molecule has 0 radical (unpaired) electrons. The van der Waals surface area contributed by atoms with Gasteiger partial charge < -0.3 is 20.2 Å². The third kappa shape index (κ3) is 5.13. The van der Waals surface area contributed by atoms with Crippen LogP contribution in [0.4, 0.5) is 12.0 Å². The Morgan fingerprint density at radius 2 is 2.08 bits per heavy atom. The van der Waals surface area contributed by atoms with E-state index in [9.17, 15) is 0 Å². The van der Waals surface area contributed by atoms with E-state index >= 15 is 0 Å². The van der Waals surface area contributed by atoms with Crippen LogP contribution in [-0.4, -0.2) is 41.3 Å². The SMILES string of the molecule is Nc1nnc(NCCCOc2cccc(CN3CCCCC3)c2)o1. The summed E-state index contributed by atoms with van der Waals surface area (Å²) < 4.78 is 10.9. The fourth-order valence-electron chi connectivity index (χ4n) is 2.87. The molecule has 1 aromatic carbocycles. The second-order valence-corrected chi connectivity index (χ2v) is 6.06. The molecule has 1 fully saturated rings. The molecule has 130 valence electrons. The molecule has 2 heterocycles. The average molecular weight is 331 g/mol. The molecule has 1 aromatic heterocycles. The van der Waals surface area contributed by atoms with E-state index in [-0.39, 0.29) is 6.01 Å². The predicted octanol–water partition coefficient (Wildman–Crippen LogP) is 2.52. The number of nitrogens with one attached hydrogen (secondary N) is 1. The average Bonchev–Trinajstić information content (AvgIpc) is 3.01. The zero-order valence-corrected chi connectivity index (χ0v) is 13.9. The minimum atomic E-state index is 0.0688. The molecule has 2 aromatic rings. The summed E-state index contributed by atoms with van der Waals surface area (Å²) in [5.74, 6) is 0.923. The Hall–Kier alpha value is -2.28. The molecular weight excluding hydrogens is 306 g/mol. The zero-order valence-electron chi connectivity index (χ0n) is 13.9. The molecule has 0 saturated carbocycles. The van der Waals surface area contributed by atoms with Gasteiger partial charge in [-0.3, -0.25) is 4.90 Å². The number of nitrogen functional groups attached to an aromatic ring is 1. The molecule has 1 aliphatic heterocycles. The number of hydrogen-bond acceptors (Lipinski definition) is 7. The number of likely N-dealkylation sites (tertiary alicyclic amines) is 1. The number of nitrogens with zero attached hydrogens (tertiary/aromatic N) is 3. The molecule has 3 N–H and O–H groups in total. The van der Waals surface area contributed by atoms with Crippen molar-refractivity contribution in [3.8, 4) is 5.75 Å². The smallest absolute Gasteiger partial charge is 0.316 e. The Bertz CT molecular complexity index is 625. The van der Waals surface area contributed by atoms with Gasteiger partial charge in [-0.1, -0.05) is 28.8 Å². The monoisotopic (exact) mass is 331 g/mol. The summed E-state index contributed by atoms with van der Waals surface area (Å²) in [5.41, 5.74) is 6.67. The van der Waals surface area contributed by atoms with Crippen LogP contribution in [0.25, 0.3) is 0 Å². The van der Waals surface area contributed by atoms with Crippen LogP contribution in [0.15, 0.2) is 28.7 Å². The number of benzene rings is 1. The lowest BCUT2D eigenvalue weighted by atomic mass is 10.1. The summed E-state index contributed by atoms with van der Waals surface area (Å²) in [7, 11) is 0. The van der Waals surface area contributed by atoms with Crippen molar-refractivity contribution in [2.75, 3.05) is 37.3 Å². The molecule has 0 atom stereocenters. The molecule has 0 bridgehead atoms. The fraction of sp³-hybridized carbons (Fsp3) is 0.529. The first-order valence-electron chi connectivity index (χ1n) is 8.56. The van der Waals surface area contributed by atoms with Crippen molar-refractivity contribution < 1.29 is 9.15 Å². The van der Waals surface area contributed by atoms with Crippen molar-refractivity contribution >= 4 is 12.0 Å². The summed E-state index contributed by atoms with van der Waals surface area (Å²) in [6, 6.07) is 8.79. The maximum Gasteiger partial charge on any atom is 0.316 e. The fourth-order valence-corrected chi connectivity index (χ4v) is 2.87. The van der Waals surface area contributed by atoms with Gasteiger partial charge in [-0.05, 0) is 50.0 Å². The lowest BCUT2D eigenvalue weighted by Crippen LogP contribution is -2.29. The molecule has 7 heteroatoms. The van der Waals surface area contributed by atoms with E-state index in [1.54, 1.807) is 0 Å². The van der Waals surface area contributed by atoms with Crippen molar-refractivity contribution in [2.24, 2.45) is 0 Å². The lowest BCUT2D eigenvalue weighted by molar-refractivity contribution is 0.220. The first kappa shape index (κ1) is 16.6. The molecule has 7 nitrogen and oxygen atoms in total. The summed E-state index contributed by atoms with van der Waals surface area (Å²) in [5, 5.41) is 10.3. The van der Waals surface area contributed by atoms with Crippen molar-refractivity contribution in [2.45, 2.75) is 32.2 Å². The van der Waals surface area contributed by atoms with E-state index in [2.05, 4.69) is 38.6 Å². The molecular formula is C17H25N5O2. The second kappa shape index (κ2) is 8.54. The summed E-state index contributed by atoms with van der Waals surface area (Å²) >= 11 is 0. The van der Waals surface area contributed by atoms with Gasteiger partial charge in [-0.15, -0.1) is 0 Å². The van der Waals surface area contributed by atoms with E-state index < -0.39 is 0 Å². The van der Waals surface area contributed by atoms with Crippen molar-refractivity contribution in [1.82, 2.24) is 15.1 Å². The number of piperidine rings is 1. The third-order valence-electron chi connectivity index (χ3n) is 4.06. The summed E-state index contributed by atoms with van der Waals surface area (Å²) in [6.45, 7) is 4.74. The maximum absolute atomic E-state index is 5.83. The highest BCUT2D eigenvalue weighted by Gasteiger charge is 2.10. The number of aromatic nitrogens is 2. The van der Waals surface area contributed by atoms with Gasteiger partial charge in [0.1, 0.15) is 5.75 Å². The van der Waals surface area contributed by atoms with E-state index in [1.165, 1.54) is 37.9 Å². The highest BCUT2D eigenvalue weighted by Crippen LogP contribution is 2.17. The van der Waals surface area contributed by atoms with Crippen molar-refractivity contribution in [3.63, 3.8) is 0 Å². The molecule has 0 spiro atoms. The second-order valence-electron chi connectivity index (χ2n) is 6.06. The minimum absolute atomic E-state index is 0.0688. The van der Waals surface area contributed by atoms with Crippen LogP contribution in [0, 0.1) is 0 Å². The molecule has 24 heavy (non-hydrogen) atoms. The quantitative estimate of drug-likeness (QED) is 0.718. The standard InChI is InChI=1S/C17H25N5O2/c18-16-20-21-17(24-16)19-8-5-11-23-15-7-4-6-14(12-15)13-22-9-2-1-3-10-22/h4,6-7,12H,1-3,5,8-11,13H2,(H2,18,20)(H,19,21). The summed E-state index contributed by atoms with van der Waals surface area (Å²) in [6.07, 6.45) is 4.83. The van der Waals surface area contributed by atoms with Gasteiger partial charge in [0.25, 0.3) is 0 Å². The van der Waals surface area contributed by atoms with Crippen LogP contribution in [0.1, 0.15) is 31.2 Å².